The van der Waals surface area contributed by atoms with E-state index >= 15 is 0 Å². The van der Waals surface area contributed by atoms with Gasteiger partial charge < -0.3 is 15.4 Å². The van der Waals surface area contributed by atoms with E-state index in [0.29, 0.717) is 12.3 Å². The number of nitrogens with one attached hydrogen (secondary N) is 2. The van der Waals surface area contributed by atoms with Crippen LogP contribution in [0.4, 0.5) is 11.4 Å². The highest BCUT2D eigenvalue weighted by Gasteiger charge is 2.16. The number of anilines is 2. The number of aromatic nitrogens is 1. The quantitative estimate of drug-likeness (QED) is 0.113. The SMILES string of the molecule is CCCCOC(=O)c1ccccc1NC(=O)/C(C#N)=C\Nc1ccc(-c2nc3ccc(C)cc3s2)cc1. The molecule has 37 heavy (non-hydrogen) atoms. The number of thiazole rings is 1. The normalized spacial score (nSPS) is 11.1. The summed E-state index contributed by atoms with van der Waals surface area (Å²) in [5.41, 5.74) is 4.23. The number of rotatable bonds is 9. The van der Waals surface area contributed by atoms with E-state index in [-0.39, 0.29) is 16.8 Å². The lowest BCUT2D eigenvalue weighted by atomic mass is 10.1. The van der Waals surface area contributed by atoms with Crippen LogP contribution in [0.5, 0.6) is 0 Å². The molecule has 1 amide bonds. The van der Waals surface area contributed by atoms with E-state index in [1.54, 1.807) is 35.6 Å². The largest absolute Gasteiger partial charge is 0.462 e. The number of nitriles is 1. The zero-order chi connectivity index (χ0) is 26.2. The van der Waals surface area contributed by atoms with E-state index in [1.807, 2.05) is 49.4 Å². The maximum atomic E-state index is 12.7. The fraction of sp³-hybridized carbons (Fsp3) is 0.172. The molecule has 186 valence electrons. The standard InChI is InChI=1S/C29H26N4O3S/c1-3-4-15-36-29(35)23-7-5-6-8-24(23)32-27(34)21(17-30)18-31-22-12-10-20(11-13-22)28-33-25-14-9-19(2)16-26(25)37-28/h5-14,16,18,31H,3-4,15H2,1-2H3,(H,32,34)/b21-18-. The van der Waals surface area contributed by atoms with Crippen LogP contribution in [0.3, 0.4) is 0 Å². The van der Waals surface area contributed by atoms with Gasteiger partial charge in [0.1, 0.15) is 16.6 Å². The summed E-state index contributed by atoms with van der Waals surface area (Å²) < 4.78 is 6.40. The third-order valence-electron chi connectivity index (χ3n) is 5.55. The average Bonchev–Trinajstić information content (AvgIpc) is 3.33. The van der Waals surface area contributed by atoms with Gasteiger partial charge in [-0.1, -0.05) is 31.5 Å². The molecule has 0 radical (unpaired) electrons. The molecule has 0 aliphatic rings. The van der Waals surface area contributed by atoms with E-state index in [0.717, 1.165) is 33.6 Å². The van der Waals surface area contributed by atoms with Gasteiger partial charge in [-0.15, -0.1) is 11.3 Å². The molecule has 0 bridgehead atoms. The highest BCUT2D eigenvalue weighted by molar-refractivity contribution is 7.21. The molecule has 4 rings (SSSR count). The number of unbranched alkanes of at least 4 members (excludes halogenated alkanes) is 1. The minimum atomic E-state index is -0.634. The molecule has 3 aromatic carbocycles. The molecule has 8 heteroatoms. The summed E-state index contributed by atoms with van der Waals surface area (Å²) in [6.45, 7) is 4.37. The molecule has 1 heterocycles. The second-order valence-corrected chi connectivity index (χ2v) is 9.40. The summed E-state index contributed by atoms with van der Waals surface area (Å²) in [5.74, 6) is -1.15. The third-order valence-corrected chi connectivity index (χ3v) is 6.62. The van der Waals surface area contributed by atoms with Crippen molar-refractivity contribution in [3.05, 3.63) is 89.6 Å². The lowest BCUT2D eigenvalue weighted by Gasteiger charge is -2.10. The summed E-state index contributed by atoms with van der Waals surface area (Å²) in [7, 11) is 0. The van der Waals surface area contributed by atoms with Gasteiger partial charge in [0.15, 0.2) is 0 Å². The van der Waals surface area contributed by atoms with E-state index < -0.39 is 11.9 Å². The fourth-order valence-corrected chi connectivity index (χ4v) is 4.58. The number of carbonyl (C=O) groups excluding carboxylic acids is 2. The summed E-state index contributed by atoms with van der Waals surface area (Å²) in [6.07, 6.45) is 3.00. The number of esters is 1. The molecule has 0 aliphatic carbocycles. The van der Waals surface area contributed by atoms with Crippen molar-refractivity contribution in [1.29, 1.82) is 5.26 Å². The lowest BCUT2D eigenvalue weighted by Crippen LogP contribution is -2.17. The number of hydrogen-bond donors (Lipinski definition) is 2. The number of nitrogens with zero attached hydrogens (tertiary/aromatic N) is 2. The van der Waals surface area contributed by atoms with Crippen LogP contribution in [-0.4, -0.2) is 23.5 Å². The number of amides is 1. The Hall–Kier alpha value is -4.48. The lowest BCUT2D eigenvalue weighted by molar-refractivity contribution is -0.112. The van der Waals surface area contributed by atoms with Gasteiger partial charge in [0, 0.05) is 17.5 Å². The number of fused-ring (bicyclic) bond motifs is 1. The Morgan fingerprint density at radius 3 is 2.65 bits per heavy atom. The van der Waals surface area contributed by atoms with Crippen LogP contribution in [-0.2, 0) is 9.53 Å². The Labute approximate surface area is 219 Å². The van der Waals surface area contributed by atoms with Gasteiger partial charge in [-0.2, -0.15) is 5.26 Å². The predicted octanol–water partition coefficient (Wildman–Crippen LogP) is 6.69. The average molecular weight is 511 g/mol. The van der Waals surface area contributed by atoms with Crippen LogP contribution in [0.25, 0.3) is 20.8 Å². The smallest absolute Gasteiger partial charge is 0.340 e. The minimum Gasteiger partial charge on any atom is -0.462 e. The second kappa shape index (κ2) is 12.0. The Morgan fingerprint density at radius 1 is 1.11 bits per heavy atom. The molecule has 0 aliphatic heterocycles. The molecule has 2 N–H and O–H groups in total. The topological polar surface area (TPSA) is 104 Å². The molecule has 4 aromatic rings. The number of carbonyl (C=O) groups is 2. The van der Waals surface area contributed by atoms with E-state index in [9.17, 15) is 14.9 Å². The first kappa shape index (κ1) is 25.6. The molecule has 0 fully saturated rings. The zero-order valence-electron chi connectivity index (χ0n) is 20.6. The molecular formula is C29H26N4O3S. The van der Waals surface area contributed by atoms with Crippen LogP contribution < -0.4 is 10.6 Å². The summed E-state index contributed by atoms with van der Waals surface area (Å²) in [4.78, 5) is 29.8. The van der Waals surface area contributed by atoms with Gasteiger partial charge in [0.25, 0.3) is 5.91 Å². The summed E-state index contributed by atoms with van der Waals surface area (Å²) in [6, 6.07) is 22.2. The highest BCUT2D eigenvalue weighted by Crippen LogP contribution is 2.31. The van der Waals surface area contributed by atoms with Crippen LogP contribution in [0.2, 0.25) is 0 Å². The Kier molecular flexibility index (Phi) is 8.29. The predicted molar refractivity (Wildman–Crippen MR) is 147 cm³/mol. The van der Waals surface area contributed by atoms with Crippen molar-refractivity contribution in [2.24, 2.45) is 0 Å². The van der Waals surface area contributed by atoms with E-state index in [1.165, 1.54) is 11.8 Å². The minimum absolute atomic E-state index is 0.139. The molecule has 0 saturated carbocycles. The Balaban J connectivity index is 1.43. The second-order valence-electron chi connectivity index (χ2n) is 8.37. The number of para-hydroxylation sites is 1. The molecule has 7 nitrogen and oxygen atoms in total. The van der Waals surface area contributed by atoms with E-state index in [4.69, 9.17) is 9.72 Å². The summed E-state index contributed by atoms with van der Waals surface area (Å²) >= 11 is 1.63. The third kappa shape index (κ3) is 6.40. The molecule has 0 unspecified atom stereocenters. The van der Waals surface area contributed by atoms with Gasteiger partial charge in [-0.25, -0.2) is 9.78 Å². The highest BCUT2D eigenvalue weighted by atomic mass is 32.1. The molecule has 0 atom stereocenters. The van der Waals surface area contributed by atoms with Crippen LogP contribution in [0.15, 0.2) is 78.5 Å². The first-order valence-electron chi connectivity index (χ1n) is 11.9. The van der Waals surface area contributed by atoms with Crippen LogP contribution >= 0.6 is 11.3 Å². The van der Waals surface area contributed by atoms with Gasteiger partial charge in [-0.05, 0) is 67.4 Å². The molecule has 0 spiro atoms. The molecule has 1 aromatic heterocycles. The molecule has 0 saturated heterocycles. The zero-order valence-corrected chi connectivity index (χ0v) is 21.4. The van der Waals surface area contributed by atoms with Crippen molar-refractivity contribution < 1.29 is 14.3 Å². The maximum absolute atomic E-state index is 12.7. The first-order valence-corrected chi connectivity index (χ1v) is 12.7. The van der Waals surface area contributed by atoms with Crippen molar-refractivity contribution >= 4 is 44.8 Å². The Morgan fingerprint density at radius 2 is 1.89 bits per heavy atom. The van der Waals surface area contributed by atoms with Gasteiger partial charge in [0.05, 0.1) is 28.1 Å². The van der Waals surface area contributed by atoms with E-state index in [2.05, 4.69) is 23.6 Å². The fourth-order valence-electron chi connectivity index (χ4n) is 3.52. The number of hydrogen-bond acceptors (Lipinski definition) is 7. The van der Waals surface area contributed by atoms with Crippen molar-refractivity contribution in [2.75, 3.05) is 17.2 Å². The van der Waals surface area contributed by atoms with Crippen molar-refractivity contribution in [3.63, 3.8) is 0 Å². The summed E-state index contributed by atoms with van der Waals surface area (Å²) in [5, 5.41) is 16.1. The number of benzene rings is 3. The maximum Gasteiger partial charge on any atom is 0.340 e. The van der Waals surface area contributed by atoms with Crippen LogP contribution in [0, 0.1) is 18.3 Å². The first-order chi connectivity index (χ1) is 18.0. The monoisotopic (exact) mass is 510 g/mol. The number of aryl methyl sites for hydroxylation is 1. The van der Waals surface area contributed by atoms with Crippen molar-refractivity contribution in [2.45, 2.75) is 26.7 Å². The van der Waals surface area contributed by atoms with Crippen molar-refractivity contribution in [1.82, 2.24) is 4.98 Å². The molecular weight excluding hydrogens is 484 g/mol. The van der Waals surface area contributed by atoms with Gasteiger partial charge in [0.2, 0.25) is 0 Å². The number of ether oxygens (including phenoxy) is 1. The van der Waals surface area contributed by atoms with Gasteiger partial charge >= 0.3 is 5.97 Å². The van der Waals surface area contributed by atoms with Crippen molar-refractivity contribution in [3.8, 4) is 16.6 Å². The van der Waals surface area contributed by atoms with Gasteiger partial charge in [-0.3, -0.25) is 4.79 Å². The Bertz CT molecular complexity index is 1500. The van der Waals surface area contributed by atoms with Crippen LogP contribution in [0.1, 0.15) is 35.7 Å².